The molecule has 0 bridgehead atoms. The van der Waals surface area contributed by atoms with Crippen molar-refractivity contribution >= 4 is 10.9 Å². The third-order valence-corrected chi connectivity index (χ3v) is 2.95. The second-order valence-electron chi connectivity index (χ2n) is 4.53. The molecule has 0 amide bonds. The lowest BCUT2D eigenvalue weighted by Gasteiger charge is -2.14. The summed E-state index contributed by atoms with van der Waals surface area (Å²) >= 11 is 0. The molecule has 0 radical (unpaired) electrons. The van der Waals surface area contributed by atoms with Crippen molar-refractivity contribution in [2.45, 2.75) is 25.9 Å². The van der Waals surface area contributed by atoms with Crippen molar-refractivity contribution in [3.8, 4) is 5.75 Å². The van der Waals surface area contributed by atoms with Crippen LogP contribution in [0.5, 0.6) is 5.75 Å². The highest BCUT2D eigenvalue weighted by Gasteiger charge is 2.04. The van der Waals surface area contributed by atoms with E-state index in [4.69, 9.17) is 4.74 Å². The first-order valence-electron chi connectivity index (χ1n) is 6.45. The predicted molar refractivity (Wildman–Crippen MR) is 75.0 cm³/mol. The Hall–Kier alpha value is -1.61. The molecule has 1 atom stereocenters. The summed E-state index contributed by atoms with van der Waals surface area (Å²) in [4.78, 5) is 4.33. The molecule has 1 aromatic heterocycles. The van der Waals surface area contributed by atoms with Crippen LogP contribution in [-0.2, 0) is 0 Å². The number of hydrogen-bond acceptors (Lipinski definition) is 3. The molecule has 2 rings (SSSR count). The first kappa shape index (κ1) is 12.8. The number of ether oxygens (including phenoxy) is 1. The molecule has 0 saturated carbocycles. The number of rotatable bonds is 6. The Morgan fingerprint density at radius 1 is 1.33 bits per heavy atom. The van der Waals surface area contributed by atoms with Crippen molar-refractivity contribution in [1.29, 1.82) is 0 Å². The average Bonchev–Trinajstić information content (AvgIpc) is 2.39. The molecule has 1 N–H and O–H groups in total. The summed E-state index contributed by atoms with van der Waals surface area (Å²) < 4.78 is 5.90. The highest BCUT2D eigenvalue weighted by molar-refractivity contribution is 5.79. The van der Waals surface area contributed by atoms with Crippen molar-refractivity contribution in [2.75, 3.05) is 13.6 Å². The van der Waals surface area contributed by atoms with Crippen LogP contribution < -0.4 is 10.1 Å². The largest absolute Gasteiger partial charge is 0.491 e. The van der Waals surface area contributed by atoms with Crippen LogP contribution in [-0.4, -0.2) is 24.7 Å². The molecule has 1 heterocycles. The van der Waals surface area contributed by atoms with Gasteiger partial charge in [-0.3, -0.25) is 4.98 Å². The zero-order chi connectivity index (χ0) is 12.8. The maximum atomic E-state index is 5.90. The van der Waals surface area contributed by atoms with Gasteiger partial charge in [0.15, 0.2) is 0 Å². The zero-order valence-electron chi connectivity index (χ0n) is 11.0. The SMILES string of the molecule is CNCCCC(C)Oc1ccc2cccnc2c1. The first-order valence-corrected chi connectivity index (χ1v) is 6.45. The van der Waals surface area contributed by atoms with Gasteiger partial charge in [-0.05, 0) is 51.6 Å². The van der Waals surface area contributed by atoms with Gasteiger partial charge in [-0.25, -0.2) is 0 Å². The zero-order valence-corrected chi connectivity index (χ0v) is 11.0. The van der Waals surface area contributed by atoms with E-state index in [-0.39, 0.29) is 6.10 Å². The van der Waals surface area contributed by atoms with E-state index >= 15 is 0 Å². The molecule has 0 aliphatic rings. The Morgan fingerprint density at radius 3 is 3.06 bits per heavy atom. The lowest BCUT2D eigenvalue weighted by atomic mass is 10.2. The van der Waals surface area contributed by atoms with Crippen LogP contribution in [0.1, 0.15) is 19.8 Å². The Morgan fingerprint density at radius 2 is 2.22 bits per heavy atom. The van der Waals surface area contributed by atoms with Crippen molar-refractivity contribution in [3.05, 3.63) is 36.5 Å². The second-order valence-corrected chi connectivity index (χ2v) is 4.53. The van der Waals surface area contributed by atoms with E-state index in [0.717, 1.165) is 36.0 Å². The van der Waals surface area contributed by atoms with E-state index in [0.29, 0.717) is 0 Å². The third kappa shape index (κ3) is 3.44. The molecule has 0 fully saturated rings. The highest BCUT2D eigenvalue weighted by Crippen LogP contribution is 2.20. The van der Waals surface area contributed by atoms with Crippen molar-refractivity contribution in [3.63, 3.8) is 0 Å². The van der Waals surface area contributed by atoms with Gasteiger partial charge in [0.2, 0.25) is 0 Å². The van der Waals surface area contributed by atoms with Crippen LogP contribution in [0.25, 0.3) is 10.9 Å². The molecular formula is C15H20N2O. The van der Waals surface area contributed by atoms with Gasteiger partial charge < -0.3 is 10.1 Å². The maximum absolute atomic E-state index is 5.90. The number of hydrogen-bond donors (Lipinski definition) is 1. The molecule has 3 nitrogen and oxygen atoms in total. The smallest absolute Gasteiger partial charge is 0.121 e. The van der Waals surface area contributed by atoms with Crippen LogP contribution in [0.3, 0.4) is 0 Å². The molecule has 1 aromatic carbocycles. The summed E-state index contributed by atoms with van der Waals surface area (Å²) in [6.07, 6.45) is 4.23. The van der Waals surface area contributed by atoms with Crippen LogP contribution in [0.15, 0.2) is 36.5 Å². The van der Waals surface area contributed by atoms with E-state index in [1.807, 2.05) is 31.4 Å². The number of benzene rings is 1. The Labute approximate surface area is 108 Å². The van der Waals surface area contributed by atoms with Crippen LogP contribution in [0.2, 0.25) is 0 Å². The van der Waals surface area contributed by atoms with Gasteiger partial charge in [0, 0.05) is 17.6 Å². The van der Waals surface area contributed by atoms with E-state index < -0.39 is 0 Å². The summed E-state index contributed by atoms with van der Waals surface area (Å²) in [5, 5.41) is 4.29. The summed E-state index contributed by atoms with van der Waals surface area (Å²) in [6, 6.07) is 10.1. The Bertz CT molecular complexity index is 499. The fourth-order valence-corrected chi connectivity index (χ4v) is 1.98. The van der Waals surface area contributed by atoms with E-state index in [1.54, 1.807) is 0 Å². The Balaban J connectivity index is 1.98. The molecule has 0 saturated heterocycles. The van der Waals surface area contributed by atoms with E-state index in [9.17, 15) is 0 Å². The average molecular weight is 244 g/mol. The lowest BCUT2D eigenvalue weighted by molar-refractivity contribution is 0.208. The highest BCUT2D eigenvalue weighted by atomic mass is 16.5. The minimum Gasteiger partial charge on any atom is -0.491 e. The topological polar surface area (TPSA) is 34.1 Å². The van der Waals surface area contributed by atoms with Crippen molar-refractivity contribution in [1.82, 2.24) is 10.3 Å². The monoisotopic (exact) mass is 244 g/mol. The van der Waals surface area contributed by atoms with Crippen LogP contribution >= 0.6 is 0 Å². The van der Waals surface area contributed by atoms with Gasteiger partial charge in [0.05, 0.1) is 11.6 Å². The van der Waals surface area contributed by atoms with Gasteiger partial charge in [0.25, 0.3) is 0 Å². The molecule has 1 unspecified atom stereocenters. The lowest BCUT2D eigenvalue weighted by Crippen LogP contribution is -2.15. The summed E-state index contributed by atoms with van der Waals surface area (Å²) in [5.41, 5.74) is 0.984. The standard InChI is InChI=1S/C15H20N2O/c1-12(5-3-9-16-2)18-14-8-7-13-6-4-10-17-15(13)11-14/h4,6-8,10-12,16H,3,5,9H2,1-2H3. The summed E-state index contributed by atoms with van der Waals surface area (Å²) in [6.45, 7) is 3.14. The van der Waals surface area contributed by atoms with Crippen molar-refractivity contribution < 1.29 is 4.74 Å². The first-order chi connectivity index (χ1) is 8.79. The van der Waals surface area contributed by atoms with Gasteiger partial charge >= 0.3 is 0 Å². The van der Waals surface area contributed by atoms with Crippen LogP contribution in [0, 0.1) is 0 Å². The molecule has 96 valence electrons. The van der Waals surface area contributed by atoms with Gasteiger partial charge in [-0.1, -0.05) is 6.07 Å². The molecule has 0 aliphatic carbocycles. The predicted octanol–water partition coefficient (Wildman–Crippen LogP) is 3.00. The molecule has 2 aromatic rings. The molecule has 0 aliphatic heterocycles. The number of pyridine rings is 1. The molecular weight excluding hydrogens is 224 g/mol. The third-order valence-electron chi connectivity index (χ3n) is 2.95. The van der Waals surface area contributed by atoms with Gasteiger partial charge in [-0.2, -0.15) is 0 Å². The number of nitrogens with zero attached hydrogens (tertiary/aromatic N) is 1. The van der Waals surface area contributed by atoms with E-state index in [2.05, 4.69) is 29.4 Å². The summed E-state index contributed by atoms with van der Waals surface area (Å²) in [7, 11) is 1.97. The maximum Gasteiger partial charge on any atom is 0.121 e. The molecule has 3 heteroatoms. The normalized spacial score (nSPS) is 12.6. The van der Waals surface area contributed by atoms with Gasteiger partial charge in [0.1, 0.15) is 5.75 Å². The number of aromatic nitrogens is 1. The quantitative estimate of drug-likeness (QED) is 0.793. The fraction of sp³-hybridized carbons (Fsp3) is 0.400. The molecule has 0 spiro atoms. The fourth-order valence-electron chi connectivity index (χ4n) is 1.98. The summed E-state index contributed by atoms with van der Waals surface area (Å²) in [5.74, 6) is 0.901. The van der Waals surface area contributed by atoms with Crippen LogP contribution in [0.4, 0.5) is 0 Å². The minimum atomic E-state index is 0.236. The van der Waals surface area contributed by atoms with E-state index in [1.165, 1.54) is 0 Å². The second kappa shape index (κ2) is 6.36. The minimum absolute atomic E-state index is 0.236. The Kier molecular flexibility index (Phi) is 4.53. The van der Waals surface area contributed by atoms with Gasteiger partial charge in [-0.15, -0.1) is 0 Å². The number of nitrogens with one attached hydrogen (secondary N) is 1. The molecule has 18 heavy (non-hydrogen) atoms. The van der Waals surface area contributed by atoms with Crippen molar-refractivity contribution in [2.24, 2.45) is 0 Å². The number of fused-ring (bicyclic) bond motifs is 1.